The highest BCUT2D eigenvalue weighted by Crippen LogP contribution is 2.27. The lowest BCUT2D eigenvalue weighted by Gasteiger charge is -2.30. The Morgan fingerprint density at radius 1 is 1.19 bits per heavy atom. The number of nitrogens with one attached hydrogen (secondary N) is 2. The number of benzene rings is 1. The Hall–Kier alpha value is -2.82. The van der Waals surface area contributed by atoms with Gasteiger partial charge in [-0.25, -0.2) is 4.98 Å². The Labute approximate surface area is 215 Å². The maximum atomic E-state index is 13.2. The van der Waals surface area contributed by atoms with E-state index in [9.17, 15) is 24.6 Å². The summed E-state index contributed by atoms with van der Waals surface area (Å²) in [6, 6.07) is 5.74. The second-order valence-electron chi connectivity index (χ2n) is 9.80. The highest BCUT2D eigenvalue weighted by atomic mass is 32.1. The molecule has 1 aromatic carbocycles. The number of aryl methyl sites for hydroxylation is 1. The summed E-state index contributed by atoms with van der Waals surface area (Å²) in [5.74, 6) is -0.978. The molecule has 0 saturated carbocycles. The number of thiazole rings is 1. The molecule has 4 N–H and O–H groups in total. The van der Waals surface area contributed by atoms with Gasteiger partial charge in [-0.15, -0.1) is 11.3 Å². The van der Waals surface area contributed by atoms with Gasteiger partial charge >= 0.3 is 0 Å². The van der Waals surface area contributed by atoms with Crippen molar-refractivity contribution in [2.45, 2.75) is 77.8 Å². The Morgan fingerprint density at radius 3 is 2.47 bits per heavy atom. The van der Waals surface area contributed by atoms with Gasteiger partial charge in [0.25, 0.3) is 0 Å². The van der Waals surface area contributed by atoms with Crippen molar-refractivity contribution in [1.29, 1.82) is 0 Å². The highest BCUT2D eigenvalue weighted by molar-refractivity contribution is 7.13. The molecule has 2 heterocycles. The largest absolute Gasteiger partial charge is 0.391 e. The number of likely N-dealkylation sites (tertiary alicyclic amines) is 1. The number of hydrogen-bond donors (Lipinski definition) is 4. The zero-order valence-electron chi connectivity index (χ0n) is 21.2. The van der Waals surface area contributed by atoms with E-state index in [1.807, 2.05) is 45.0 Å². The molecule has 2 aromatic rings. The average Bonchev–Trinajstić information content (AvgIpc) is 3.44. The summed E-state index contributed by atoms with van der Waals surface area (Å²) in [5.41, 5.74) is 4.73. The number of β-amino-alcohol motifs (C(OH)–C–C–N with tert-alkyl or cyclic N) is 1. The van der Waals surface area contributed by atoms with Crippen LogP contribution >= 0.6 is 11.3 Å². The van der Waals surface area contributed by atoms with Crippen LogP contribution in [0.3, 0.4) is 0 Å². The average molecular weight is 517 g/mol. The number of carbonyl (C=O) groups excluding carboxylic acids is 3. The van der Waals surface area contributed by atoms with Crippen LogP contribution < -0.4 is 10.6 Å². The molecule has 0 unspecified atom stereocenters. The number of nitrogens with zero attached hydrogens (tertiary/aromatic N) is 2. The zero-order valence-corrected chi connectivity index (χ0v) is 22.0. The number of aromatic nitrogens is 1. The molecule has 4 atom stereocenters. The van der Waals surface area contributed by atoms with Crippen molar-refractivity contribution >= 4 is 29.1 Å². The Bertz CT molecular complexity index is 1050. The van der Waals surface area contributed by atoms with Crippen molar-refractivity contribution < 1.29 is 24.6 Å². The third-order valence-electron chi connectivity index (χ3n) is 6.31. The van der Waals surface area contributed by atoms with Crippen LogP contribution in [0.5, 0.6) is 0 Å². The molecule has 9 nitrogen and oxygen atoms in total. The topological polar surface area (TPSA) is 132 Å². The Kier molecular flexibility index (Phi) is 9.58. The van der Waals surface area contributed by atoms with E-state index in [4.69, 9.17) is 0 Å². The highest BCUT2D eigenvalue weighted by Gasteiger charge is 2.42. The first-order valence-corrected chi connectivity index (χ1v) is 13.2. The first-order valence-electron chi connectivity index (χ1n) is 12.3. The number of rotatable bonds is 10. The van der Waals surface area contributed by atoms with Crippen molar-refractivity contribution in [2.75, 3.05) is 6.54 Å². The molecule has 1 aliphatic rings. The molecule has 0 aliphatic carbocycles. The van der Waals surface area contributed by atoms with Crippen LogP contribution in [0.25, 0.3) is 10.4 Å². The fraction of sp³-hybridized carbons (Fsp3) is 0.538. The molecule has 196 valence electrons. The predicted octanol–water partition coefficient (Wildman–Crippen LogP) is 2.00. The van der Waals surface area contributed by atoms with E-state index in [1.165, 1.54) is 11.8 Å². The van der Waals surface area contributed by atoms with E-state index in [0.717, 1.165) is 21.7 Å². The maximum absolute atomic E-state index is 13.2. The lowest BCUT2D eigenvalue weighted by Crippen LogP contribution is -2.57. The normalized spacial score (nSPS) is 19.2. The third-order valence-corrected chi connectivity index (χ3v) is 7.28. The summed E-state index contributed by atoms with van der Waals surface area (Å²) >= 11 is 1.57. The van der Waals surface area contributed by atoms with Gasteiger partial charge in [0.1, 0.15) is 12.1 Å². The maximum Gasteiger partial charge on any atom is 0.248 e. The van der Waals surface area contributed by atoms with Crippen molar-refractivity contribution in [3.8, 4) is 10.4 Å². The third kappa shape index (κ3) is 7.11. The quantitative estimate of drug-likeness (QED) is 0.382. The summed E-state index contributed by atoms with van der Waals surface area (Å²) in [4.78, 5) is 45.2. The molecular formula is C26H36N4O5S. The van der Waals surface area contributed by atoms with E-state index >= 15 is 0 Å². The second-order valence-corrected chi connectivity index (χ2v) is 10.7. The van der Waals surface area contributed by atoms with Crippen LogP contribution in [0.15, 0.2) is 29.8 Å². The van der Waals surface area contributed by atoms with Crippen LogP contribution in [-0.2, 0) is 20.9 Å². The minimum atomic E-state index is -1.19. The lowest BCUT2D eigenvalue weighted by molar-refractivity contribution is -0.144. The fourth-order valence-corrected chi connectivity index (χ4v) is 5.01. The summed E-state index contributed by atoms with van der Waals surface area (Å²) in [6.07, 6.45) is -1.03. The number of carbonyl (C=O) groups is 3. The fourth-order valence-electron chi connectivity index (χ4n) is 4.20. The molecular weight excluding hydrogens is 480 g/mol. The molecule has 1 saturated heterocycles. The number of aliphatic hydroxyl groups excluding tert-OH is 2. The second kappa shape index (κ2) is 12.4. The molecule has 1 fully saturated rings. The van der Waals surface area contributed by atoms with Gasteiger partial charge in [0.15, 0.2) is 0 Å². The molecule has 36 heavy (non-hydrogen) atoms. The van der Waals surface area contributed by atoms with Gasteiger partial charge in [0, 0.05) is 25.9 Å². The number of amides is 3. The van der Waals surface area contributed by atoms with E-state index < -0.39 is 36.1 Å². The van der Waals surface area contributed by atoms with E-state index in [0.29, 0.717) is 12.3 Å². The van der Waals surface area contributed by atoms with Gasteiger partial charge in [-0.2, -0.15) is 0 Å². The summed E-state index contributed by atoms with van der Waals surface area (Å²) < 4.78 is 0. The predicted molar refractivity (Wildman–Crippen MR) is 138 cm³/mol. The monoisotopic (exact) mass is 516 g/mol. The van der Waals surface area contributed by atoms with Crippen LogP contribution in [0.4, 0.5) is 0 Å². The SMILES string of the molecule is Cc1ncsc1-c1ccc(CNC(=O)[C@@H]2C[C@@H](O)CN2C(=O)[C@@H](NC(=O)CCC(C)C)[C@H](C)O)cc1. The molecule has 10 heteroatoms. The molecule has 3 rings (SSSR count). The minimum Gasteiger partial charge on any atom is -0.391 e. The van der Waals surface area contributed by atoms with E-state index in [-0.39, 0.29) is 31.8 Å². The van der Waals surface area contributed by atoms with Crippen molar-refractivity contribution in [3.05, 3.63) is 41.0 Å². The van der Waals surface area contributed by atoms with Crippen molar-refractivity contribution in [2.24, 2.45) is 5.92 Å². The van der Waals surface area contributed by atoms with Crippen LogP contribution in [0.2, 0.25) is 0 Å². The lowest BCUT2D eigenvalue weighted by atomic mass is 10.1. The summed E-state index contributed by atoms with van der Waals surface area (Å²) in [7, 11) is 0. The molecule has 1 aromatic heterocycles. The van der Waals surface area contributed by atoms with Crippen molar-refractivity contribution in [3.63, 3.8) is 0 Å². The van der Waals surface area contributed by atoms with Gasteiger partial charge in [-0.1, -0.05) is 38.1 Å². The van der Waals surface area contributed by atoms with Gasteiger partial charge in [0.2, 0.25) is 17.7 Å². The van der Waals surface area contributed by atoms with Gasteiger partial charge in [-0.3, -0.25) is 14.4 Å². The van der Waals surface area contributed by atoms with Crippen LogP contribution in [0, 0.1) is 12.8 Å². The molecule has 0 spiro atoms. The minimum absolute atomic E-state index is 0.0368. The summed E-state index contributed by atoms with van der Waals surface area (Å²) in [6.45, 7) is 7.60. The smallest absolute Gasteiger partial charge is 0.248 e. The first-order chi connectivity index (χ1) is 17.1. The zero-order chi connectivity index (χ0) is 26.4. The Morgan fingerprint density at radius 2 is 1.89 bits per heavy atom. The molecule has 1 aliphatic heterocycles. The standard InChI is InChI=1S/C26H36N4O5S/c1-15(2)5-10-22(33)29-23(17(4)31)26(35)30-13-20(32)11-21(30)25(34)27-12-18-6-8-19(9-7-18)24-16(3)28-14-36-24/h6-9,14-15,17,20-21,23,31-32H,5,10-13H2,1-4H3,(H,27,34)(H,29,33)/t17-,20+,21-,23-/m0/s1. The van der Waals surface area contributed by atoms with Crippen molar-refractivity contribution in [1.82, 2.24) is 20.5 Å². The molecule has 0 radical (unpaired) electrons. The first kappa shape index (κ1) is 27.8. The van der Waals surface area contributed by atoms with Gasteiger partial charge in [0.05, 0.1) is 28.3 Å². The molecule has 3 amide bonds. The number of aliphatic hydroxyl groups is 2. The number of hydrogen-bond acceptors (Lipinski definition) is 7. The van der Waals surface area contributed by atoms with E-state index in [2.05, 4.69) is 15.6 Å². The molecule has 0 bridgehead atoms. The van der Waals surface area contributed by atoms with Crippen LogP contribution in [-0.4, -0.2) is 68.7 Å². The Balaban J connectivity index is 1.62. The summed E-state index contributed by atoms with van der Waals surface area (Å²) in [5, 5.41) is 25.9. The van der Waals surface area contributed by atoms with Gasteiger partial charge < -0.3 is 25.7 Å². The van der Waals surface area contributed by atoms with Crippen LogP contribution in [0.1, 0.15) is 51.3 Å². The van der Waals surface area contributed by atoms with Gasteiger partial charge in [-0.05, 0) is 37.3 Å². The van der Waals surface area contributed by atoms with E-state index in [1.54, 1.807) is 16.8 Å².